The van der Waals surface area contributed by atoms with Crippen LogP contribution in [0.2, 0.25) is 0 Å². The molecule has 1 unspecified atom stereocenters. The molecule has 0 saturated heterocycles. The summed E-state index contributed by atoms with van der Waals surface area (Å²) in [6.07, 6.45) is 3.74. The second-order valence-corrected chi connectivity index (χ2v) is 5.58. The van der Waals surface area contributed by atoms with Crippen molar-refractivity contribution in [2.45, 2.75) is 44.2 Å². The Hall–Kier alpha value is -2.11. The number of hydrogen-bond acceptors (Lipinski definition) is 4. The Morgan fingerprint density at radius 2 is 2.25 bits per heavy atom. The number of carbonyl (C=O) groups excluding carboxylic acids is 1. The first-order valence-electron chi connectivity index (χ1n) is 6.74. The van der Waals surface area contributed by atoms with Gasteiger partial charge in [0.2, 0.25) is 5.91 Å². The molecule has 6 nitrogen and oxygen atoms in total. The zero-order chi connectivity index (χ0) is 14.3. The fourth-order valence-electron chi connectivity index (χ4n) is 3.02. The summed E-state index contributed by atoms with van der Waals surface area (Å²) in [6, 6.07) is 4.38. The highest BCUT2D eigenvalue weighted by Crippen LogP contribution is 2.49. The van der Waals surface area contributed by atoms with Gasteiger partial charge in [-0.05, 0) is 25.3 Å². The van der Waals surface area contributed by atoms with Crippen molar-refractivity contribution in [2.24, 2.45) is 0 Å². The van der Waals surface area contributed by atoms with Crippen molar-refractivity contribution in [3.8, 4) is 5.75 Å². The highest BCUT2D eigenvalue weighted by Gasteiger charge is 2.46. The molecule has 1 saturated carbocycles. The minimum atomic E-state index is -0.432. The first-order chi connectivity index (χ1) is 9.49. The summed E-state index contributed by atoms with van der Waals surface area (Å²) in [6.45, 7) is 1.46. The van der Waals surface area contributed by atoms with Crippen LogP contribution in [0.25, 0.3) is 0 Å². The average molecular weight is 276 g/mol. The van der Waals surface area contributed by atoms with E-state index in [1.165, 1.54) is 19.1 Å². The van der Waals surface area contributed by atoms with Gasteiger partial charge in [0, 0.05) is 31.0 Å². The molecule has 1 heterocycles. The van der Waals surface area contributed by atoms with Gasteiger partial charge in [0.1, 0.15) is 11.4 Å². The quantitative estimate of drug-likeness (QED) is 0.664. The van der Waals surface area contributed by atoms with Crippen molar-refractivity contribution in [3.63, 3.8) is 0 Å². The number of fused-ring (bicyclic) bond motifs is 1. The number of ether oxygens (including phenoxy) is 1. The smallest absolute Gasteiger partial charge is 0.270 e. The van der Waals surface area contributed by atoms with Crippen molar-refractivity contribution in [2.75, 3.05) is 0 Å². The Morgan fingerprint density at radius 3 is 2.80 bits per heavy atom. The maximum absolute atomic E-state index is 11.4. The highest BCUT2D eigenvalue weighted by molar-refractivity contribution is 5.73. The lowest BCUT2D eigenvalue weighted by Gasteiger charge is -2.47. The van der Waals surface area contributed by atoms with Gasteiger partial charge in [-0.2, -0.15) is 0 Å². The zero-order valence-corrected chi connectivity index (χ0v) is 11.2. The minimum Gasteiger partial charge on any atom is -0.487 e. The van der Waals surface area contributed by atoms with Gasteiger partial charge in [-0.1, -0.05) is 0 Å². The van der Waals surface area contributed by atoms with Crippen molar-refractivity contribution in [1.82, 2.24) is 5.32 Å². The fraction of sp³-hybridized carbons (Fsp3) is 0.500. The van der Waals surface area contributed by atoms with Gasteiger partial charge in [0.25, 0.3) is 5.69 Å². The van der Waals surface area contributed by atoms with Gasteiger partial charge in [0.15, 0.2) is 0 Å². The van der Waals surface area contributed by atoms with E-state index in [0.717, 1.165) is 19.3 Å². The van der Waals surface area contributed by atoms with E-state index in [0.29, 0.717) is 17.7 Å². The summed E-state index contributed by atoms with van der Waals surface area (Å²) in [7, 11) is 0. The second kappa shape index (κ2) is 4.47. The van der Waals surface area contributed by atoms with Gasteiger partial charge in [-0.15, -0.1) is 0 Å². The lowest BCUT2D eigenvalue weighted by Crippen LogP contribution is -2.49. The van der Waals surface area contributed by atoms with Crippen LogP contribution in [0.4, 0.5) is 5.69 Å². The number of nitro benzene ring substituents is 1. The number of nitrogens with zero attached hydrogens (tertiary/aromatic N) is 1. The number of amides is 1. The SMILES string of the molecule is CC(=O)NC1CC2(CCC2)Oc2ccc([N+](=O)[O-])cc21. The molecular formula is C14H16N2O4. The molecule has 0 radical (unpaired) electrons. The molecule has 6 heteroatoms. The third-order valence-electron chi connectivity index (χ3n) is 4.12. The summed E-state index contributed by atoms with van der Waals surface area (Å²) < 4.78 is 6.03. The predicted octanol–water partition coefficient (Wildman–Crippen LogP) is 2.48. The minimum absolute atomic E-state index is 0.0206. The fourth-order valence-corrected chi connectivity index (χ4v) is 3.02. The molecule has 1 aromatic rings. The van der Waals surface area contributed by atoms with Crippen LogP contribution in [-0.4, -0.2) is 16.4 Å². The number of carbonyl (C=O) groups is 1. The normalized spacial score (nSPS) is 22.4. The largest absolute Gasteiger partial charge is 0.487 e. The summed E-state index contributed by atoms with van der Waals surface area (Å²) in [5.41, 5.74) is 0.523. The third-order valence-corrected chi connectivity index (χ3v) is 4.12. The van der Waals surface area contributed by atoms with E-state index in [4.69, 9.17) is 4.74 Å². The Kier molecular flexibility index (Phi) is 2.88. The molecule has 1 fully saturated rings. The standard InChI is InChI=1S/C14H16N2O4/c1-9(17)15-12-8-14(5-2-6-14)20-13-4-3-10(16(18)19)7-11(12)13/h3-4,7,12H,2,5-6,8H2,1H3,(H,15,17). The molecule has 1 N–H and O–H groups in total. The topological polar surface area (TPSA) is 81.5 Å². The van der Waals surface area contributed by atoms with Crippen LogP contribution < -0.4 is 10.1 Å². The summed E-state index contributed by atoms with van der Waals surface area (Å²) in [5.74, 6) is 0.518. The number of non-ortho nitro benzene ring substituents is 1. The van der Waals surface area contributed by atoms with Gasteiger partial charge in [-0.3, -0.25) is 14.9 Å². The van der Waals surface area contributed by atoms with E-state index < -0.39 is 4.92 Å². The zero-order valence-electron chi connectivity index (χ0n) is 11.2. The van der Waals surface area contributed by atoms with Gasteiger partial charge < -0.3 is 10.1 Å². The van der Waals surface area contributed by atoms with Gasteiger partial charge in [0.05, 0.1) is 11.0 Å². The Bertz CT molecular complexity index is 581. The predicted molar refractivity (Wildman–Crippen MR) is 71.5 cm³/mol. The van der Waals surface area contributed by atoms with Crippen LogP contribution in [0, 0.1) is 10.1 Å². The molecule has 20 heavy (non-hydrogen) atoms. The molecule has 106 valence electrons. The van der Waals surface area contributed by atoms with Crippen molar-refractivity contribution in [1.29, 1.82) is 0 Å². The monoisotopic (exact) mass is 276 g/mol. The van der Waals surface area contributed by atoms with Crippen LogP contribution >= 0.6 is 0 Å². The third kappa shape index (κ3) is 2.11. The highest BCUT2D eigenvalue weighted by atomic mass is 16.6. The molecule has 1 spiro atoms. The van der Waals surface area contributed by atoms with E-state index in [9.17, 15) is 14.9 Å². The Morgan fingerprint density at radius 1 is 1.50 bits per heavy atom. The van der Waals surface area contributed by atoms with Gasteiger partial charge >= 0.3 is 0 Å². The number of nitro groups is 1. The summed E-state index contributed by atoms with van der Waals surface area (Å²) in [5, 5.41) is 13.8. The van der Waals surface area contributed by atoms with Crippen LogP contribution in [0.15, 0.2) is 18.2 Å². The van der Waals surface area contributed by atoms with Gasteiger partial charge in [-0.25, -0.2) is 0 Å². The number of benzene rings is 1. The first-order valence-corrected chi connectivity index (χ1v) is 6.74. The molecule has 3 rings (SSSR count). The van der Waals surface area contributed by atoms with E-state index in [-0.39, 0.29) is 23.2 Å². The molecule has 2 aliphatic rings. The average Bonchev–Trinajstić information content (AvgIpc) is 2.35. The molecule has 1 atom stereocenters. The number of rotatable bonds is 2. The van der Waals surface area contributed by atoms with E-state index >= 15 is 0 Å². The van der Waals surface area contributed by atoms with Crippen LogP contribution in [0.1, 0.15) is 44.2 Å². The lowest BCUT2D eigenvalue weighted by molar-refractivity contribution is -0.385. The molecule has 1 aromatic carbocycles. The van der Waals surface area contributed by atoms with Crippen LogP contribution in [-0.2, 0) is 4.79 Å². The maximum atomic E-state index is 11.4. The summed E-state index contributed by atoms with van der Waals surface area (Å²) in [4.78, 5) is 21.8. The van der Waals surface area contributed by atoms with E-state index in [1.807, 2.05) is 0 Å². The maximum Gasteiger partial charge on any atom is 0.270 e. The molecule has 1 aliphatic carbocycles. The number of nitrogens with one attached hydrogen (secondary N) is 1. The Balaban J connectivity index is 1.99. The first kappa shape index (κ1) is 12.9. The van der Waals surface area contributed by atoms with Crippen molar-refractivity contribution in [3.05, 3.63) is 33.9 Å². The molecule has 0 bridgehead atoms. The molecule has 1 aliphatic heterocycles. The van der Waals surface area contributed by atoms with Crippen LogP contribution in [0.5, 0.6) is 5.75 Å². The molecular weight excluding hydrogens is 260 g/mol. The lowest BCUT2D eigenvalue weighted by atomic mass is 9.73. The van der Waals surface area contributed by atoms with Crippen molar-refractivity contribution >= 4 is 11.6 Å². The van der Waals surface area contributed by atoms with E-state index in [2.05, 4.69) is 5.32 Å². The van der Waals surface area contributed by atoms with E-state index in [1.54, 1.807) is 6.07 Å². The number of hydrogen-bond donors (Lipinski definition) is 1. The molecule has 0 aromatic heterocycles. The Labute approximate surface area is 116 Å². The van der Waals surface area contributed by atoms with Crippen molar-refractivity contribution < 1.29 is 14.5 Å². The second-order valence-electron chi connectivity index (χ2n) is 5.58. The molecule has 1 amide bonds. The summed E-state index contributed by atoms with van der Waals surface area (Å²) >= 11 is 0. The van der Waals surface area contributed by atoms with Crippen LogP contribution in [0.3, 0.4) is 0 Å².